The fourth-order valence-corrected chi connectivity index (χ4v) is 1.69. The fraction of sp³-hybridized carbons (Fsp3) is 1.00. The van der Waals surface area contributed by atoms with E-state index < -0.39 is 0 Å². The number of hydrogen-bond donors (Lipinski definition) is 1. The second kappa shape index (κ2) is 5.56. The normalized spacial score (nSPS) is 20.5. The molecular formula is C9H21NO. The Bertz CT molecular complexity index is 94.5. The Hall–Kier alpha value is -0.0800. The van der Waals surface area contributed by atoms with Crippen molar-refractivity contribution in [3.8, 4) is 0 Å². The van der Waals surface area contributed by atoms with Crippen molar-refractivity contribution in [2.45, 2.75) is 25.7 Å². The molecule has 0 amide bonds. The molecule has 0 aromatic heterocycles. The summed E-state index contributed by atoms with van der Waals surface area (Å²) in [6, 6.07) is 0. The van der Waals surface area contributed by atoms with Crippen molar-refractivity contribution in [1.29, 1.82) is 0 Å². The van der Waals surface area contributed by atoms with Crippen LogP contribution in [0.15, 0.2) is 0 Å². The molecule has 2 heteroatoms. The highest BCUT2D eigenvalue weighted by Crippen LogP contribution is 2.17. The summed E-state index contributed by atoms with van der Waals surface area (Å²) in [7, 11) is 1.78. The zero-order valence-electron chi connectivity index (χ0n) is 7.44. The van der Waals surface area contributed by atoms with Crippen LogP contribution in [0.2, 0.25) is 0 Å². The van der Waals surface area contributed by atoms with Gasteiger partial charge >= 0.3 is 0 Å². The van der Waals surface area contributed by atoms with Gasteiger partial charge in [-0.15, -0.1) is 0 Å². The topological polar surface area (TPSA) is 21.3 Å². The molecule has 1 saturated heterocycles. The standard InChI is InChI=1S/C9H19NO.H2/c1-11-8-2-3-9-4-6-10-7-5-9;/h9-10H,2-8H2,1H3;1H. The molecule has 2 nitrogen and oxygen atoms in total. The molecule has 1 aliphatic rings. The van der Waals surface area contributed by atoms with Crippen LogP contribution in [-0.4, -0.2) is 26.8 Å². The maximum Gasteiger partial charge on any atom is 0.0462 e. The number of hydrogen-bond acceptors (Lipinski definition) is 2. The summed E-state index contributed by atoms with van der Waals surface area (Å²) < 4.78 is 5.02. The summed E-state index contributed by atoms with van der Waals surface area (Å²) in [5, 5.41) is 3.37. The summed E-state index contributed by atoms with van der Waals surface area (Å²) in [4.78, 5) is 0. The predicted octanol–water partition coefficient (Wildman–Crippen LogP) is 1.66. The van der Waals surface area contributed by atoms with E-state index in [1.165, 1.54) is 38.8 Å². The van der Waals surface area contributed by atoms with E-state index >= 15 is 0 Å². The first kappa shape index (κ1) is 9.01. The lowest BCUT2D eigenvalue weighted by Gasteiger charge is -2.22. The number of methoxy groups -OCH3 is 1. The highest BCUT2D eigenvalue weighted by Gasteiger charge is 2.11. The van der Waals surface area contributed by atoms with E-state index in [0.29, 0.717) is 0 Å². The maximum atomic E-state index is 5.02. The predicted molar refractivity (Wildman–Crippen MR) is 48.8 cm³/mol. The Balaban J connectivity index is 0.00000121. The molecule has 1 rings (SSSR count). The maximum absolute atomic E-state index is 5.02. The average Bonchev–Trinajstić information content (AvgIpc) is 2.07. The Morgan fingerprint density at radius 1 is 1.45 bits per heavy atom. The molecule has 0 aromatic carbocycles. The second-order valence-corrected chi connectivity index (χ2v) is 3.33. The van der Waals surface area contributed by atoms with Gasteiger partial charge < -0.3 is 10.1 Å². The Labute approximate surface area is 70.8 Å². The van der Waals surface area contributed by atoms with Crippen LogP contribution in [0.25, 0.3) is 0 Å². The van der Waals surface area contributed by atoms with Gasteiger partial charge in [0.2, 0.25) is 0 Å². The van der Waals surface area contributed by atoms with Gasteiger partial charge in [-0.05, 0) is 44.7 Å². The number of ether oxygens (including phenoxy) is 1. The lowest BCUT2D eigenvalue weighted by molar-refractivity contribution is 0.182. The zero-order chi connectivity index (χ0) is 7.94. The quantitative estimate of drug-likeness (QED) is 0.630. The lowest BCUT2D eigenvalue weighted by atomic mass is 9.93. The first-order valence-electron chi connectivity index (χ1n) is 4.63. The van der Waals surface area contributed by atoms with Crippen LogP contribution in [0.4, 0.5) is 0 Å². The van der Waals surface area contributed by atoms with Crippen molar-refractivity contribution < 1.29 is 6.16 Å². The van der Waals surface area contributed by atoms with Gasteiger partial charge in [-0.3, -0.25) is 0 Å². The van der Waals surface area contributed by atoms with E-state index in [0.717, 1.165) is 12.5 Å². The molecule has 1 heterocycles. The van der Waals surface area contributed by atoms with Gasteiger partial charge in [0.25, 0.3) is 0 Å². The minimum absolute atomic E-state index is 0. The number of piperidine rings is 1. The molecule has 0 saturated carbocycles. The van der Waals surface area contributed by atoms with Crippen LogP contribution in [0.3, 0.4) is 0 Å². The molecule has 0 aromatic rings. The molecule has 0 unspecified atom stereocenters. The molecule has 1 fully saturated rings. The van der Waals surface area contributed by atoms with E-state index in [9.17, 15) is 0 Å². The van der Waals surface area contributed by atoms with E-state index in [-0.39, 0.29) is 1.43 Å². The van der Waals surface area contributed by atoms with E-state index in [1.807, 2.05) is 0 Å². The van der Waals surface area contributed by atoms with Crippen molar-refractivity contribution in [2.75, 3.05) is 26.8 Å². The Kier molecular flexibility index (Phi) is 4.55. The largest absolute Gasteiger partial charge is 0.385 e. The summed E-state index contributed by atoms with van der Waals surface area (Å²) in [5.74, 6) is 0.964. The highest BCUT2D eigenvalue weighted by atomic mass is 16.5. The molecule has 1 N–H and O–H groups in total. The summed E-state index contributed by atoms with van der Waals surface area (Å²) in [5.41, 5.74) is 0. The summed E-state index contributed by atoms with van der Waals surface area (Å²) in [6.07, 6.45) is 5.32. The third kappa shape index (κ3) is 3.73. The zero-order valence-corrected chi connectivity index (χ0v) is 7.44. The van der Waals surface area contributed by atoms with E-state index in [4.69, 9.17) is 4.74 Å². The summed E-state index contributed by atoms with van der Waals surface area (Å²) >= 11 is 0. The van der Waals surface area contributed by atoms with Gasteiger partial charge in [0.1, 0.15) is 0 Å². The Morgan fingerprint density at radius 3 is 2.82 bits per heavy atom. The Morgan fingerprint density at radius 2 is 2.18 bits per heavy atom. The molecule has 0 radical (unpaired) electrons. The molecule has 11 heavy (non-hydrogen) atoms. The van der Waals surface area contributed by atoms with Crippen LogP contribution in [-0.2, 0) is 4.74 Å². The minimum Gasteiger partial charge on any atom is -0.385 e. The molecule has 0 bridgehead atoms. The van der Waals surface area contributed by atoms with Gasteiger partial charge in [-0.2, -0.15) is 0 Å². The molecule has 0 atom stereocenters. The van der Waals surface area contributed by atoms with Gasteiger partial charge in [0.05, 0.1) is 0 Å². The van der Waals surface area contributed by atoms with Gasteiger partial charge in [-0.25, -0.2) is 0 Å². The third-order valence-corrected chi connectivity index (χ3v) is 2.42. The monoisotopic (exact) mass is 159 g/mol. The SMILES string of the molecule is COCCCC1CCNCC1.[HH]. The molecule has 1 aliphatic heterocycles. The van der Waals surface area contributed by atoms with Crippen LogP contribution < -0.4 is 5.32 Å². The van der Waals surface area contributed by atoms with Crippen LogP contribution in [0, 0.1) is 5.92 Å². The van der Waals surface area contributed by atoms with Crippen molar-refractivity contribution in [1.82, 2.24) is 5.32 Å². The van der Waals surface area contributed by atoms with Crippen LogP contribution >= 0.6 is 0 Å². The fourth-order valence-electron chi connectivity index (χ4n) is 1.69. The van der Waals surface area contributed by atoms with Gasteiger partial charge in [0.15, 0.2) is 0 Å². The smallest absolute Gasteiger partial charge is 0.0462 e. The highest BCUT2D eigenvalue weighted by molar-refractivity contribution is 4.67. The molecular weight excluding hydrogens is 138 g/mol. The van der Waals surface area contributed by atoms with Crippen LogP contribution in [0.1, 0.15) is 27.1 Å². The summed E-state index contributed by atoms with van der Waals surface area (Å²) in [6.45, 7) is 3.37. The van der Waals surface area contributed by atoms with E-state index in [2.05, 4.69) is 5.32 Å². The van der Waals surface area contributed by atoms with Crippen molar-refractivity contribution in [3.05, 3.63) is 0 Å². The van der Waals surface area contributed by atoms with Gasteiger partial charge in [0, 0.05) is 15.1 Å². The molecule has 0 aliphatic carbocycles. The third-order valence-electron chi connectivity index (χ3n) is 2.42. The van der Waals surface area contributed by atoms with Crippen molar-refractivity contribution >= 4 is 0 Å². The lowest BCUT2D eigenvalue weighted by Crippen LogP contribution is -2.27. The number of nitrogens with one attached hydrogen (secondary N) is 1. The van der Waals surface area contributed by atoms with E-state index in [1.54, 1.807) is 7.11 Å². The minimum atomic E-state index is 0. The van der Waals surface area contributed by atoms with Crippen molar-refractivity contribution in [2.24, 2.45) is 5.92 Å². The first-order valence-corrected chi connectivity index (χ1v) is 4.63. The average molecular weight is 159 g/mol. The first-order chi connectivity index (χ1) is 5.43. The van der Waals surface area contributed by atoms with Crippen molar-refractivity contribution in [3.63, 3.8) is 0 Å². The van der Waals surface area contributed by atoms with Gasteiger partial charge in [-0.1, -0.05) is 0 Å². The molecule has 0 spiro atoms. The second-order valence-electron chi connectivity index (χ2n) is 3.33. The molecule has 68 valence electrons. The number of rotatable bonds is 4. The van der Waals surface area contributed by atoms with Crippen LogP contribution in [0.5, 0.6) is 0 Å².